The lowest BCUT2D eigenvalue weighted by molar-refractivity contribution is 0.293. The van der Waals surface area contributed by atoms with Crippen molar-refractivity contribution >= 4 is 17.3 Å². The zero-order valence-corrected chi connectivity index (χ0v) is 15.5. The number of nitrogens with one attached hydrogen (secondary N) is 2. The number of rotatable bonds is 9. The maximum Gasteiger partial charge on any atom is 0.191 e. The number of thiazole rings is 1. The summed E-state index contributed by atoms with van der Waals surface area (Å²) in [6.45, 7) is 13.7. The molecule has 0 spiro atoms. The van der Waals surface area contributed by atoms with Gasteiger partial charge < -0.3 is 15.5 Å². The van der Waals surface area contributed by atoms with E-state index in [1.165, 1.54) is 16.3 Å². The van der Waals surface area contributed by atoms with Crippen LogP contribution >= 0.6 is 11.3 Å². The lowest BCUT2D eigenvalue weighted by Crippen LogP contribution is -2.42. The number of hydrogen-bond donors (Lipinski definition) is 2. The number of guanidine groups is 1. The lowest BCUT2D eigenvalue weighted by atomic mass is 10.4. The first-order valence-electron chi connectivity index (χ1n) is 8.20. The van der Waals surface area contributed by atoms with Crippen LogP contribution in [0.25, 0.3) is 0 Å². The summed E-state index contributed by atoms with van der Waals surface area (Å²) in [6, 6.07) is 0. The Balaban J connectivity index is 2.25. The molecule has 0 unspecified atom stereocenters. The van der Waals surface area contributed by atoms with Crippen LogP contribution in [0.5, 0.6) is 0 Å². The van der Waals surface area contributed by atoms with Crippen LogP contribution in [-0.2, 0) is 6.42 Å². The molecule has 1 aromatic heterocycles. The first kappa shape index (κ1) is 18.9. The van der Waals surface area contributed by atoms with Gasteiger partial charge >= 0.3 is 0 Å². The first-order chi connectivity index (χ1) is 10.6. The molecular formula is C16H31N5S. The minimum Gasteiger partial charge on any atom is -0.356 e. The van der Waals surface area contributed by atoms with Gasteiger partial charge in [-0.3, -0.25) is 4.99 Å². The number of nitrogens with zero attached hydrogens (tertiary/aromatic N) is 3. The van der Waals surface area contributed by atoms with Crippen molar-refractivity contribution in [2.45, 2.75) is 40.5 Å². The van der Waals surface area contributed by atoms with Gasteiger partial charge in [-0.1, -0.05) is 13.8 Å². The zero-order valence-electron chi connectivity index (χ0n) is 14.7. The Kier molecular flexibility index (Phi) is 9.08. The van der Waals surface area contributed by atoms with Crippen molar-refractivity contribution in [1.29, 1.82) is 0 Å². The molecule has 0 radical (unpaired) electrons. The van der Waals surface area contributed by atoms with E-state index in [0.717, 1.165) is 50.8 Å². The molecule has 0 atom stereocenters. The van der Waals surface area contributed by atoms with Crippen molar-refractivity contribution in [1.82, 2.24) is 20.5 Å². The van der Waals surface area contributed by atoms with E-state index in [2.05, 4.69) is 53.2 Å². The standard InChI is InChI=1S/C16H31N5S/c1-6-11-21(7-2)12-10-19-16(17-5)18-9-8-15-20-13(3)14(4)22-15/h6-12H2,1-5H3,(H2,17,18,19). The summed E-state index contributed by atoms with van der Waals surface area (Å²) in [4.78, 5) is 12.6. The zero-order chi connectivity index (χ0) is 16.4. The molecule has 0 aliphatic heterocycles. The molecule has 22 heavy (non-hydrogen) atoms. The van der Waals surface area contributed by atoms with Gasteiger partial charge in [-0.2, -0.15) is 0 Å². The minimum atomic E-state index is 0.860. The van der Waals surface area contributed by atoms with Gasteiger partial charge in [0, 0.05) is 38.0 Å². The highest BCUT2D eigenvalue weighted by molar-refractivity contribution is 7.11. The third-order valence-electron chi connectivity index (χ3n) is 3.64. The van der Waals surface area contributed by atoms with E-state index in [9.17, 15) is 0 Å². The van der Waals surface area contributed by atoms with E-state index in [1.807, 2.05) is 7.05 Å². The molecule has 0 bridgehead atoms. The summed E-state index contributed by atoms with van der Waals surface area (Å²) in [5.74, 6) is 0.873. The van der Waals surface area contributed by atoms with E-state index >= 15 is 0 Å². The van der Waals surface area contributed by atoms with Crippen LogP contribution in [0.3, 0.4) is 0 Å². The number of aromatic nitrogens is 1. The van der Waals surface area contributed by atoms with Gasteiger partial charge in [-0.05, 0) is 33.4 Å². The molecule has 126 valence electrons. The first-order valence-corrected chi connectivity index (χ1v) is 9.02. The second-order valence-electron chi connectivity index (χ2n) is 5.36. The highest BCUT2D eigenvalue weighted by atomic mass is 32.1. The van der Waals surface area contributed by atoms with Crippen molar-refractivity contribution < 1.29 is 0 Å². The summed E-state index contributed by atoms with van der Waals surface area (Å²) in [5.41, 5.74) is 1.15. The van der Waals surface area contributed by atoms with Crippen molar-refractivity contribution in [3.63, 3.8) is 0 Å². The summed E-state index contributed by atoms with van der Waals surface area (Å²) in [7, 11) is 1.82. The molecule has 5 nitrogen and oxygen atoms in total. The average Bonchev–Trinajstić information content (AvgIpc) is 2.83. The normalized spacial score (nSPS) is 12.0. The van der Waals surface area contributed by atoms with E-state index < -0.39 is 0 Å². The summed E-state index contributed by atoms with van der Waals surface area (Å²) in [6.07, 6.45) is 2.14. The predicted octanol–water partition coefficient (Wildman–Crippen LogP) is 2.20. The van der Waals surface area contributed by atoms with E-state index in [4.69, 9.17) is 0 Å². The van der Waals surface area contributed by atoms with Gasteiger partial charge in [0.1, 0.15) is 0 Å². The van der Waals surface area contributed by atoms with Gasteiger partial charge in [0.25, 0.3) is 0 Å². The van der Waals surface area contributed by atoms with Gasteiger partial charge in [-0.15, -0.1) is 11.3 Å². The number of aryl methyl sites for hydroxylation is 2. The van der Waals surface area contributed by atoms with Gasteiger partial charge in [0.05, 0.1) is 10.7 Å². The Morgan fingerprint density at radius 1 is 1.18 bits per heavy atom. The van der Waals surface area contributed by atoms with Crippen LogP contribution in [0.15, 0.2) is 4.99 Å². The molecular weight excluding hydrogens is 294 g/mol. The van der Waals surface area contributed by atoms with Crippen LogP contribution in [0.4, 0.5) is 0 Å². The third kappa shape index (κ3) is 6.75. The van der Waals surface area contributed by atoms with E-state index in [-0.39, 0.29) is 0 Å². The van der Waals surface area contributed by atoms with Crippen LogP contribution in [0, 0.1) is 13.8 Å². The molecule has 0 fully saturated rings. The molecule has 2 N–H and O–H groups in total. The van der Waals surface area contributed by atoms with Crippen LogP contribution < -0.4 is 10.6 Å². The summed E-state index contributed by atoms with van der Waals surface area (Å²) >= 11 is 1.79. The molecule has 0 saturated carbocycles. The number of hydrogen-bond acceptors (Lipinski definition) is 4. The fourth-order valence-corrected chi connectivity index (χ4v) is 3.16. The molecule has 0 aliphatic carbocycles. The second-order valence-corrected chi connectivity index (χ2v) is 6.65. The highest BCUT2D eigenvalue weighted by Gasteiger charge is 2.05. The number of aliphatic imine (C=N–C) groups is 1. The summed E-state index contributed by atoms with van der Waals surface area (Å²) in [5, 5.41) is 7.93. The Morgan fingerprint density at radius 3 is 2.45 bits per heavy atom. The van der Waals surface area contributed by atoms with Crippen molar-refractivity contribution in [2.75, 3.05) is 39.8 Å². The molecule has 6 heteroatoms. The Morgan fingerprint density at radius 2 is 1.91 bits per heavy atom. The van der Waals surface area contributed by atoms with E-state index in [0.29, 0.717) is 0 Å². The molecule has 1 heterocycles. The van der Waals surface area contributed by atoms with Crippen molar-refractivity contribution in [2.24, 2.45) is 4.99 Å². The van der Waals surface area contributed by atoms with Crippen molar-refractivity contribution in [3.8, 4) is 0 Å². The van der Waals surface area contributed by atoms with Crippen LogP contribution in [0.2, 0.25) is 0 Å². The fraction of sp³-hybridized carbons (Fsp3) is 0.750. The van der Waals surface area contributed by atoms with Gasteiger partial charge in [0.15, 0.2) is 5.96 Å². The van der Waals surface area contributed by atoms with Gasteiger partial charge in [-0.25, -0.2) is 4.98 Å². The second kappa shape index (κ2) is 10.6. The van der Waals surface area contributed by atoms with Crippen molar-refractivity contribution in [3.05, 3.63) is 15.6 Å². The lowest BCUT2D eigenvalue weighted by Gasteiger charge is -2.20. The maximum atomic E-state index is 4.56. The smallest absolute Gasteiger partial charge is 0.191 e. The molecule has 0 aliphatic rings. The Hall–Kier alpha value is -1.14. The largest absolute Gasteiger partial charge is 0.356 e. The SMILES string of the molecule is CCCN(CC)CCNC(=NC)NCCc1nc(C)c(C)s1. The molecule has 1 aromatic rings. The van der Waals surface area contributed by atoms with E-state index in [1.54, 1.807) is 11.3 Å². The highest BCUT2D eigenvalue weighted by Crippen LogP contribution is 2.16. The molecule has 0 saturated heterocycles. The monoisotopic (exact) mass is 325 g/mol. The minimum absolute atomic E-state index is 0.860. The molecule has 1 rings (SSSR count). The van der Waals surface area contributed by atoms with Crippen LogP contribution in [-0.4, -0.2) is 55.6 Å². The third-order valence-corrected chi connectivity index (χ3v) is 4.77. The van der Waals surface area contributed by atoms with Crippen LogP contribution in [0.1, 0.15) is 35.8 Å². The molecule has 0 amide bonds. The summed E-state index contributed by atoms with van der Waals surface area (Å²) < 4.78 is 0. The Bertz CT molecular complexity index is 436. The molecule has 0 aromatic carbocycles. The van der Waals surface area contributed by atoms with Gasteiger partial charge in [0.2, 0.25) is 0 Å². The quantitative estimate of drug-likeness (QED) is 0.540. The fourth-order valence-electron chi connectivity index (χ4n) is 2.23. The number of likely N-dealkylation sites (N-methyl/N-ethyl adjacent to an activating group) is 1. The predicted molar refractivity (Wildman–Crippen MR) is 97.1 cm³/mol. The average molecular weight is 326 g/mol. The maximum absolute atomic E-state index is 4.56. The Labute approximate surface area is 139 Å². The topological polar surface area (TPSA) is 52.5 Å².